The normalized spacial score (nSPS) is 11.2. The van der Waals surface area contributed by atoms with Gasteiger partial charge in [-0.3, -0.25) is 0 Å². The molecular weight excluding hydrogens is 724 g/mol. The molecule has 0 heterocycles. The lowest BCUT2D eigenvalue weighted by atomic mass is 10.0. The van der Waals surface area contributed by atoms with Crippen LogP contribution in [-0.4, -0.2) is 19.2 Å². The maximum absolute atomic E-state index is 12.8. The van der Waals surface area contributed by atoms with Crippen LogP contribution >= 0.6 is 11.6 Å². The number of halogens is 1. The van der Waals surface area contributed by atoms with E-state index >= 15 is 0 Å². The average Bonchev–Trinajstić information content (AvgIpc) is 3.20. The Kier molecular flexibility index (Phi) is 32.6. The fraction of sp³-hybridized carbons (Fsp3) is 0.745. The SMILES string of the molecule is CCCCCCCCCCCCCCCCCCOc1cc(NC(=O)NCc2ccc(Cl)cc2)cc(C)c1OCCCCCCCCCCCCCCCCCC. The second-order valence-corrected chi connectivity index (χ2v) is 17.3. The number of unbranched alkanes of at least 4 members (excludes halogenated alkanes) is 30. The molecule has 0 aromatic heterocycles. The zero-order valence-corrected chi connectivity index (χ0v) is 38.1. The summed E-state index contributed by atoms with van der Waals surface area (Å²) < 4.78 is 12.8. The van der Waals surface area contributed by atoms with Crippen LogP contribution in [0.5, 0.6) is 11.5 Å². The van der Waals surface area contributed by atoms with E-state index in [1.807, 2.05) is 43.3 Å². The minimum absolute atomic E-state index is 0.255. The number of hydrogen-bond donors (Lipinski definition) is 2. The molecule has 2 aromatic carbocycles. The third-order valence-electron chi connectivity index (χ3n) is 11.4. The van der Waals surface area contributed by atoms with Gasteiger partial charge in [-0.15, -0.1) is 0 Å². The van der Waals surface area contributed by atoms with E-state index in [0.717, 1.165) is 35.5 Å². The topological polar surface area (TPSA) is 59.6 Å². The molecule has 57 heavy (non-hydrogen) atoms. The summed E-state index contributed by atoms with van der Waals surface area (Å²) in [6.07, 6.45) is 43.3. The molecule has 0 saturated carbocycles. The standard InChI is InChI=1S/C51H87ClN2O3/c1-4-6-8-10-12-14-16-18-20-22-24-26-28-30-32-34-40-56-49-43-48(54-51(55)53-44-46-36-38-47(52)39-37-46)42-45(3)50(49)57-41-35-33-31-29-27-25-23-21-19-17-15-13-11-9-7-5-2/h36-39,42-43H,4-35,40-41,44H2,1-3H3,(H2,53,54,55). The van der Waals surface area contributed by atoms with E-state index < -0.39 is 0 Å². The van der Waals surface area contributed by atoms with Crippen LogP contribution in [0.25, 0.3) is 0 Å². The number of carbonyl (C=O) groups excluding carboxylic acids is 1. The van der Waals surface area contributed by atoms with Gasteiger partial charge in [0.05, 0.1) is 13.2 Å². The largest absolute Gasteiger partial charge is 0.490 e. The van der Waals surface area contributed by atoms with Gasteiger partial charge in [0, 0.05) is 23.3 Å². The highest BCUT2D eigenvalue weighted by Gasteiger charge is 2.14. The van der Waals surface area contributed by atoms with Gasteiger partial charge in [0.25, 0.3) is 0 Å². The molecule has 0 fully saturated rings. The van der Waals surface area contributed by atoms with Gasteiger partial charge in [0.2, 0.25) is 0 Å². The molecule has 2 aromatic rings. The summed E-state index contributed by atoms with van der Waals surface area (Å²) in [5, 5.41) is 6.63. The van der Waals surface area contributed by atoms with Gasteiger partial charge in [-0.1, -0.05) is 230 Å². The molecule has 0 aliphatic rings. The van der Waals surface area contributed by atoms with Gasteiger partial charge in [-0.2, -0.15) is 0 Å². The molecule has 0 aliphatic heterocycles. The van der Waals surface area contributed by atoms with Crippen LogP contribution in [0.2, 0.25) is 5.02 Å². The minimum Gasteiger partial charge on any atom is -0.490 e. The molecule has 6 heteroatoms. The van der Waals surface area contributed by atoms with Crippen molar-refractivity contribution in [3.8, 4) is 11.5 Å². The predicted molar refractivity (Wildman–Crippen MR) is 249 cm³/mol. The lowest BCUT2D eigenvalue weighted by Crippen LogP contribution is -2.28. The molecule has 5 nitrogen and oxygen atoms in total. The fourth-order valence-corrected chi connectivity index (χ4v) is 7.85. The number of urea groups is 1. The van der Waals surface area contributed by atoms with E-state index in [9.17, 15) is 4.79 Å². The zero-order valence-electron chi connectivity index (χ0n) is 37.3. The molecule has 0 spiro atoms. The highest BCUT2D eigenvalue weighted by atomic mass is 35.5. The van der Waals surface area contributed by atoms with E-state index in [-0.39, 0.29) is 6.03 Å². The third kappa shape index (κ3) is 28.6. The fourth-order valence-electron chi connectivity index (χ4n) is 7.72. The Labute approximate surface area is 357 Å². The Morgan fingerprint density at radius 2 is 0.877 bits per heavy atom. The molecule has 0 atom stereocenters. The quantitative estimate of drug-likeness (QED) is 0.0661. The molecule has 2 rings (SSSR count). The highest BCUT2D eigenvalue weighted by Crippen LogP contribution is 2.35. The number of nitrogens with one attached hydrogen (secondary N) is 2. The first kappa shape index (κ1) is 50.7. The van der Waals surface area contributed by atoms with Gasteiger partial charge in [0.15, 0.2) is 11.5 Å². The van der Waals surface area contributed by atoms with Gasteiger partial charge >= 0.3 is 6.03 Å². The van der Waals surface area contributed by atoms with Crippen molar-refractivity contribution in [3.05, 3.63) is 52.5 Å². The van der Waals surface area contributed by atoms with E-state index in [0.29, 0.717) is 30.5 Å². The Morgan fingerprint density at radius 1 is 0.509 bits per heavy atom. The molecule has 0 radical (unpaired) electrons. The van der Waals surface area contributed by atoms with Crippen LogP contribution < -0.4 is 20.1 Å². The van der Waals surface area contributed by atoms with E-state index in [1.54, 1.807) is 0 Å². The van der Waals surface area contributed by atoms with Crippen molar-refractivity contribution >= 4 is 23.3 Å². The number of aryl methyl sites for hydroxylation is 1. The molecule has 326 valence electrons. The van der Waals surface area contributed by atoms with Crippen LogP contribution in [0.1, 0.15) is 230 Å². The molecule has 0 unspecified atom stereocenters. The Hall–Kier alpha value is -2.40. The summed E-state index contributed by atoms with van der Waals surface area (Å²) in [6, 6.07) is 11.2. The van der Waals surface area contributed by atoms with Crippen LogP contribution in [0.15, 0.2) is 36.4 Å². The van der Waals surface area contributed by atoms with Gasteiger partial charge in [0.1, 0.15) is 0 Å². The lowest BCUT2D eigenvalue weighted by Gasteiger charge is -2.17. The van der Waals surface area contributed by atoms with Crippen LogP contribution in [0.3, 0.4) is 0 Å². The van der Waals surface area contributed by atoms with E-state index in [2.05, 4.69) is 24.5 Å². The van der Waals surface area contributed by atoms with Gasteiger partial charge in [-0.25, -0.2) is 4.79 Å². The Bertz CT molecular complexity index is 1220. The van der Waals surface area contributed by atoms with Crippen LogP contribution in [-0.2, 0) is 6.54 Å². The summed E-state index contributed by atoms with van der Waals surface area (Å²) in [4.78, 5) is 12.8. The van der Waals surface area contributed by atoms with Crippen molar-refractivity contribution in [2.45, 2.75) is 233 Å². The van der Waals surface area contributed by atoms with Crippen molar-refractivity contribution in [3.63, 3.8) is 0 Å². The Balaban J connectivity index is 1.67. The number of anilines is 1. The summed E-state index contributed by atoms with van der Waals surface area (Å²) in [5.41, 5.74) is 2.67. The number of benzene rings is 2. The van der Waals surface area contributed by atoms with Crippen molar-refractivity contribution in [1.82, 2.24) is 5.32 Å². The molecule has 2 amide bonds. The first-order valence-electron chi connectivity index (χ1n) is 24.2. The van der Waals surface area contributed by atoms with E-state index in [4.69, 9.17) is 21.1 Å². The molecule has 0 bridgehead atoms. The minimum atomic E-state index is -0.255. The van der Waals surface area contributed by atoms with Crippen molar-refractivity contribution in [1.29, 1.82) is 0 Å². The van der Waals surface area contributed by atoms with Crippen molar-refractivity contribution < 1.29 is 14.3 Å². The number of ether oxygens (including phenoxy) is 2. The summed E-state index contributed by atoms with van der Waals surface area (Å²) in [6.45, 7) is 8.38. The highest BCUT2D eigenvalue weighted by molar-refractivity contribution is 6.30. The summed E-state index contributed by atoms with van der Waals surface area (Å²) in [7, 11) is 0. The van der Waals surface area contributed by atoms with Crippen LogP contribution in [0, 0.1) is 6.92 Å². The van der Waals surface area contributed by atoms with Gasteiger partial charge in [-0.05, 0) is 49.1 Å². The third-order valence-corrected chi connectivity index (χ3v) is 11.6. The van der Waals surface area contributed by atoms with Crippen molar-refractivity contribution in [2.75, 3.05) is 18.5 Å². The second kappa shape index (κ2) is 36.7. The average molecular weight is 812 g/mol. The monoisotopic (exact) mass is 811 g/mol. The molecular formula is C51H87ClN2O3. The molecule has 0 aliphatic carbocycles. The first-order valence-corrected chi connectivity index (χ1v) is 24.6. The second-order valence-electron chi connectivity index (χ2n) is 16.9. The predicted octanol–water partition coefficient (Wildman–Crippen LogP) is 17.3. The lowest BCUT2D eigenvalue weighted by molar-refractivity contribution is 0.251. The summed E-state index contributed by atoms with van der Waals surface area (Å²) in [5.74, 6) is 1.53. The number of hydrogen-bond acceptors (Lipinski definition) is 3. The number of carbonyl (C=O) groups is 1. The van der Waals surface area contributed by atoms with Crippen LogP contribution in [0.4, 0.5) is 10.5 Å². The molecule has 2 N–H and O–H groups in total. The van der Waals surface area contributed by atoms with Gasteiger partial charge < -0.3 is 20.1 Å². The number of amides is 2. The summed E-state index contributed by atoms with van der Waals surface area (Å²) >= 11 is 6.02. The Morgan fingerprint density at radius 3 is 1.28 bits per heavy atom. The smallest absolute Gasteiger partial charge is 0.319 e. The first-order chi connectivity index (χ1) is 28.0. The van der Waals surface area contributed by atoms with E-state index in [1.165, 1.54) is 193 Å². The zero-order chi connectivity index (χ0) is 40.9. The number of rotatable bonds is 39. The maximum Gasteiger partial charge on any atom is 0.319 e. The van der Waals surface area contributed by atoms with Crippen molar-refractivity contribution in [2.24, 2.45) is 0 Å². The molecule has 0 saturated heterocycles. The maximum atomic E-state index is 12.8.